The molecule has 0 heterocycles. The highest BCUT2D eigenvalue weighted by molar-refractivity contribution is 7.83. The summed E-state index contributed by atoms with van der Waals surface area (Å²) in [5.74, 6) is 0. The largest absolute Gasteiger partial charge is 0.264 e. The summed E-state index contributed by atoms with van der Waals surface area (Å²) in [6, 6.07) is 14.8. The average molecular weight is 318 g/mol. The van der Waals surface area contributed by atoms with E-state index in [9.17, 15) is 14.3 Å². The molecule has 0 aliphatic carbocycles. The molecule has 116 valence electrons. The van der Waals surface area contributed by atoms with Gasteiger partial charge in [-0.1, -0.05) is 48.0 Å². The van der Waals surface area contributed by atoms with Gasteiger partial charge in [-0.15, -0.1) is 0 Å². The lowest BCUT2D eigenvalue weighted by Gasteiger charge is -2.19. The lowest BCUT2D eigenvalue weighted by molar-refractivity contribution is -0.522. The molecule has 0 saturated carbocycles. The van der Waals surface area contributed by atoms with Crippen LogP contribution in [-0.2, 0) is 11.0 Å². The molecule has 0 aliphatic rings. The average Bonchev–Trinajstić information content (AvgIpc) is 2.53. The van der Waals surface area contributed by atoms with Gasteiger partial charge in [-0.25, -0.2) is 8.93 Å². The van der Waals surface area contributed by atoms with Crippen molar-refractivity contribution in [3.8, 4) is 0 Å². The van der Waals surface area contributed by atoms with E-state index in [0.29, 0.717) is 4.90 Å². The molecule has 0 aromatic heterocycles. The highest BCUT2D eigenvalue weighted by Crippen LogP contribution is 2.20. The van der Waals surface area contributed by atoms with Crippen LogP contribution in [0, 0.1) is 17.0 Å². The first-order valence-corrected chi connectivity index (χ1v) is 8.07. The van der Waals surface area contributed by atoms with Crippen LogP contribution in [0.5, 0.6) is 0 Å². The van der Waals surface area contributed by atoms with E-state index in [4.69, 9.17) is 0 Å². The van der Waals surface area contributed by atoms with Gasteiger partial charge in [-0.3, -0.25) is 10.1 Å². The molecule has 6 heteroatoms. The van der Waals surface area contributed by atoms with Gasteiger partial charge in [-0.05, 0) is 24.6 Å². The lowest BCUT2D eigenvalue weighted by Crippen LogP contribution is -2.36. The van der Waals surface area contributed by atoms with Gasteiger partial charge < -0.3 is 0 Å². The first-order chi connectivity index (χ1) is 10.5. The highest BCUT2D eigenvalue weighted by atomic mass is 32.2. The van der Waals surface area contributed by atoms with Crippen LogP contribution < -0.4 is 4.72 Å². The summed E-state index contributed by atoms with van der Waals surface area (Å²) < 4.78 is 15.3. The number of benzene rings is 2. The third kappa shape index (κ3) is 3.99. The van der Waals surface area contributed by atoms with Crippen molar-refractivity contribution in [2.45, 2.75) is 30.8 Å². The molecular weight excluding hydrogens is 300 g/mol. The summed E-state index contributed by atoms with van der Waals surface area (Å²) in [5.41, 5.74) is 1.81. The number of aryl methyl sites for hydroxylation is 1. The molecule has 3 atom stereocenters. The van der Waals surface area contributed by atoms with Crippen molar-refractivity contribution < 1.29 is 9.13 Å². The van der Waals surface area contributed by atoms with Crippen LogP contribution in [0.1, 0.15) is 24.1 Å². The van der Waals surface area contributed by atoms with Crippen LogP contribution in [-0.4, -0.2) is 15.2 Å². The standard InChI is InChI=1S/C16H18N2O3S/c1-12-8-10-15(11-9-12)22(21)17-16(13(2)18(19)20)14-6-4-3-5-7-14/h3-11,13,16-17H,1-2H3/t13-,16+,22?/m0/s1. The highest BCUT2D eigenvalue weighted by Gasteiger charge is 2.29. The van der Waals surface area contributed by atoms with Crippen molar-refractivity contribution >= 4 is 11.0 Å². The SMILES string of the molecule is Cc1ccc(S(=O)N[C@@H](c2ccccc2)[C@H](C)[N+](=O)[O-])cc1. The first-order valence-electron chi connectivity index (χ1n) is 6.92. The Balaban J connectivity index is 2.25. The van der Waals surface area contributed by atoms with Gasteiger partial charge in [-0.2, -0.15) is 0 Å². The molecule has 2 rings (SSSR count). The molecule has 2 aromatic rings. The summed E-state index contributed by atoms with van der Waals surface area (Å²) >= 11 is 0. The van der Waals surface area contributed by atoms with Crippen molar-refractivity contribution in [3.63, 3.8) is 0 Å². The molecule has 22 heavy (non-hydrogen) atoms. The molecule has 0 spiro atoms. The summed E-state index contributed by atoms with van der Waals surface area (Å²) in [6.45, 7) is 3.46. The van der Waals surface area contributed by atoms with Gasteiger partial charge >= 0.3 is 0 Å². The van der Waals surface area contributed by atoms with E-state index in [0.717, 1.165) is 11.1 Å². The van der Waals surface area contributed by atoms with Gasteiger partial charge in [0.2, 0.25) is 6.04 Å². The Morgan fingerprint density at radius 1 is 1.09 bits per heavy atom. The van der Waals surface area contributed by atoms with Crippen LogP contribution in [0.2, 0.25) is 0 Å². The van der Waals surface area contributed by atoms with E-state index in [1.807, 2.05) is 37.3 Å². The van der Waals surface area contributed by atoms with Crippen molar-refractivity contribution in [2.24, 2.45) is 0 Å². The lowest BCUT2D eigenvalue weighted by atomic mass is 10.0. The zero-order chi connectivity index (χ0) is 16.1. The van der Waals surface area contributed by atoms with Crippen LogP contribution in [0.25, 0.3) is 0 Å². The van der Waals surface area contributed by atoms with Gasteiger partial charge in [0.15, 0.2) is 0 Å². The van der Waals surface area contributed by atoms with Crippen LogP contribution in [0.15, 0.2) is 59.5 Å². The van der Waals surface area contributed by atoms with Crippen molar-refractivity contribution in [1.82, 2.24) is 4.72 Å². The molecule has 0 bridgehead atoms. The Labute approximate surface area is 132 Å². The monoisotopic (exact) mass is 318 g/mol. The number of hydrogen-bond donors (Lipinski definition) is 1. The fraction of sp³-hybridized carbons (Fsp3) is 0.250. The molecule has 0 amide bonds. The number of nitro groups is 1. The summed E-state index contributed by atoms with van der Waals surface area (Å²) in [5, 5.41) is 11.1. The van der Waals surface area contributed by atoms with Crippen LogP contribution in [0.3, 0.4) is 0 Å². The Morgan fingerprint density at radius 3 is 2.23 bits per heavy atom. The Morgan fingerprint density at radius 2 is 1.68 bits per heavy atom. The first kappa shape index (κ1) is 16.3. The van der Waals surface area contributed by atoms with Gasteiger partial charge in [0.25, 0.3) is 0 Å². The number of hydrogen-bond acceptors (Lipinski definition) is 3. The third-order valence-corrected chi connectivity index (χ3v) is 4.61. The maximum Gasteiger partial charge on any atom is 0.230 e. The Hall–Kier alpha value is -2.05. The van der Waals surface area contributed by atoms with E-state index in [2.05, 4.69) is 4.72 Å². The third-order valence-electron chi connectivity index (χ3n) is 3.44. The second kappa shape index (κ2) is 7.29. The topological polar surface area (TPSA) is 72.2 Å². The molecular formula is C16H18N2O3S. The zero-order valence-electron chi connectivity index (χ0n) is 12.4. The van der Waals surface area contributed by atoms with E-state index in [1.165, 1.54) is 6.92 Å². The van der Waals surface area contributed by atoms with Crippen LogP contribution in [0.4, 0.5) is 0 Å². The predicted octanol–water partition coefficient (Wildman–Crippen LogP) is 3.01. The fourth-order valence-corrected chi connectivity index (χ4v) is 3.16. The molecule has 5 nitrogen and oxygen atoms in total. The van der Waals surface area contributed by atoms with Crippen molar-refractivity contribution in [2.75, 3.05) is 0 Å². The molecule has 1 unspecified atom stereocenters. The van der Waals surface area contributed by atoms with E-state index in [-0.39, 0.29) is 4.92 Å². The van der Waals surface area contributed by atoms with Gasteiger partial charge in [0.05, 0.1) is 4.90 Å². The minimum Gasteiger partial charge on any atom is -0.264 e. The van der Waals surface area contributed by atoms with Crippen LogP contribution >= 0.6 is 0 Å². The quantitative estimate of drug-likeness (QED) is 0.657. The molecule has 0 radical (unpaired) electrons. The second-order valence-electron chi connectivity index (χ2n) is 5.11. The predicted molar refractivity (Wildman–Crippen MR) is 86.4 cm³/mol. The number of rotatable bonds is 6. The Kier molecular flexibility index (Phi) is 5.41. The second-order valence-corrected chi connectivity index (χ2v) is 6.36. The van der Waals surface area contributed by atoms with E-state index < -0.39 is 23.1 Å². The molecule has 2 aromatic carbocycles. The van der Waals surface area contributed by atoms with Gasteiger partial charge in [0, 0.05) is 11.8 Å². The molecule has 1 N–H and O–H groups in total. The molecule has 0 fully saturated rings. The Bertz CT molecular complexity index is 659. The number of nitrogens with one attached hydrogen (secondary N) is 1. The molecule has 0 aliphatic heterocycles. The minimum atomic E-state index is -1.51. The smallest absolute Gasteiger partial charge is 0.230 e. The minimum absolute atomic E-state index is 0.364. The van der Waals surface area contributed by atoms with Crippen molar-refractivity contribution in [3.05, 3.63) is 75.8 Å². The number of nitrogens with zero attached hydrogens (tertiary/aromatic N) is 1. The maximum absolute atomic E-state index is 12.4. The normalized spacial score (nSPS) is 15.0. The summed E-state index contributed by atoms with van der Waals surface area (Å²) in [6.07, 6.45) is 0. The van der Waals surface area contributed by atoms with Crippen molar-refractivity contribution in [1.29, 1.82) is 0 Å². The van der Waals surface area contributed by atoms with E-state index >= 15 is 0 Å². The van der Waals surface area contributed by atoms with E-state index in [1.54, 1.807) is 24.3 Å². The molecule has 0 saturated heterocycles. The fourth-order valence-electron chi connectivity index (χ4n) is 2.07. The van der Waals surface area contributed by atoms with Gasteiger partial charge in [0.1, 0.15) is 17.0 Å². The zero-order valence-corrected chi connectivity index (χ0v) is 13.2. The summed E-state index contributed by atoms with van der Waals surface area (Å²) in [7, 11) is -1.51. The maximum atomic E-state index is 12.4. The summed E-state index contributed by atoms with van der Waals surface area (Å²) in [4.78, 5) is 11.4.